The van der Waals surface area contributed by atoms with E-state index in [2.05, 4.69) is 10.3 Å². The number of carboxylic acid groups (broad SMARTS) is 1. The first-order valence-electron chi connectivity index (χ1n) is 9.78. The number of carbonyl (C=O) groups excluding carboxylic acids is 1. The molecule has 0 spiro atoms. The normalized spacial score (nSPS) is 11.9. The Morgan fingerprint density at radius 2 is 1.91 bits per heavy atom. The van der Waals surface area contributed by atoms with E-state index in [4.69, 9.17) is 26.2 Å². The molecule has 1 aliphatic rings. The third-order valence-corrected chi connectivity index (χ3v) is 5.31. The second kappa shape index (κ2) is 9.21. The van der Waals surface area contributed by atoms with Gasteiger partial charge in [0.05, 0.1) is 6.54 Å². The second-order valence-electron chi connectivity index (χ2n) is 7.15. The lowest BCUT2D eigenvalue weighted by Crippen LogP contribution is -2.37. The van der Waals surface area contributed by atoms with E-state index >= 15 is 0 Å². The number of hydrogen-bond acceptors (Lipinski definition) is 7. The molecule has 2 heterocycles. The molecular weight excluding hydrogens is 454 g/mol. The minimum absolute atomic E-state index is 0.0229. The Kier molecular flexibility index (Phi) is 6.18. The van der Waals surface area contributed by atoms with Crippen LogP contribution in [0.2, 0.25) is 5.02 Å². The van der Waals surface area contributed by atoms with E-state index in [0.29, 0.717) is 22.1 Å². The molecule has 4 rings (SSSR count). The zero-order valence-corrected chi connectivity index (χ0v) is 17.8. The first kappa shape index (κ1) is 22.2. The standard InChI is InChI=1S/C22H18ClN3O7/c23-14-4-2-1-3-13(14)10-26-17(8-12-5-6-15-16(7-12)33-11-32-15)25-21(30)19(22(26)31)20(29)24-9-18(27)28/h1-7,30H,8-11H2,(H,24,29)(H,27,28). The first-order valence-corrected chi connectivity index (χ1v) is 10.2. The van der Waals surface area contributed by atoms with Crippen LogP contribution in [0.15, 0.2) is 47.3 Å². The van der Waals surface area contributed by atoms with Crippen molar-refractivity contribution in [1.29, 1.82) is 0 Å². The molecule has 1 aromatic heterocycles. The van der Waals surface area contributed by atoms with Crippen molar-refractivity contribution in [2.75, 3.05) is 13.3 Å². The number of benzene rings is 2. The van der Waals surface area contributed by atoms with Gasteiger partial charge in [0.25, 0.3) is 11.5 Å². The number of ether oxygens (including phenoxy) is 2. The molecule has 3 N–H and O–H groups in total. The van der Waals surface area contributed by atoms with Crippen LogP contribution in [-0.2, 0) is 17.8 Å². The van der Waals surface area contributed by atoms with Crippen molar-refractivity contribution in [2.24, 2.45) is 0 Å². The van der Waals surface area contributed by atoms with Gasteiger partial charge in [0.2, 0.25) is 12.7 Å². The Labute approximate surface area is 192 Å². The second-order valence-corrected chi connectivity index (χ2v) is 7.56. The van der Waals surface area contributed by atoms with Crippen molar-refractivity contribution < 1.29 is 29.3 Å². The summed E-state index contributed by atoms with van der Waals surface area (Å²) in [6.07, 6.45) is 0.126. The number of nitrogens with one attached hydrogen (secondary N) is 1. The number of aromatic hydroxyl groups is 1. The lowest BCUT2D eigenvalue weighted by atomic mass is 10.1. The highest BCUT2D eigenvalue weighted by atomic mass is 35.5. The molecule has 0 aliphatic carbocycles. The van der Waals surface area contributed by atoms with E-state index in [0.717, 1.165) is 5.56 Å². The van der Waals surface area contributed by atoms with Crippen LogP contribution in [0.25, 0.3) is 0 Å². The summed E-state index contributed by atoms with van der Waals surface area (Å²) in [5, 5.41) is 21.7. The van der Waals surface area contributed by atoms with Crippen molar-refractivity contribution in [1.82, 2.24) is 14.9 Å². The Balaban J connectivity index is 1.77. The van der Waals surface area contributed by atoms with Crippen molar-refractivity contribution in [2.45, 2.75) is 13.0 Å². The minimum Gasteiger partial charge on any atom is -0.493 e. The van der Waals surface area contributed by atoms with Gasteiger partial charge in [-0.15, -0.1) is 0 Å². The summed E-state index contributed by atoms with van der Waals surface area (Å²) in [7, 11) is 0. The highest BCUT2D eigenvalue weighted by Crippen LogP contribution is 2.33. The monoisotopic (exact) mass is 471 g/mol. The van der Waals surface area contributed by atoms with Crippen LogP contribution in [0.3, 0.4) is 0 Å². The molecule has 33 heavy (non-hydrogen) atoms. The molecule has 0 unspecified atom stereocenters. The van der Waals surface area contributed by atoms with Crippen LogP contribution in [-0.4, -0.2) is 45.0 Å². The number of carbonyl (C=O) groups is 2. The van der Waals surface area contributed by atoms with Crippen molar-refractivity contribution in [3.8, 4) is 17.4 Å². The fraction of sp³-hybridized carbons (Fsp3) is 0.182. The number of rotatable bonds is 7. The number of carboxylic acids is 1. The van der Waals surface area contributed by atoms with E-state index in [1.54, 1.807) is 42.5 Å². The zero-order chi connectivity index (χ0) is 23.5. The quantitative estimate of drug-likeness (QED) is 0.473. The summed E-state index contributed by atoms with van der Waals surface area (Å²) >= 11 is 6.26. The lowest BCUT2D eigenvalue weighted by Gasteiger charge is -2.16. The van der Waals surface area contributed by atoms with Gasteiger partial charge in [-0.05, 0) is 29.3 Å². The number of aromatic nitrogens is 2. The lowest BCUT2D eigenvalue weighted by molar-refractivity contribution is -0.135. The van der Waals surface area contributed by atoms with Crippen molar-refractivity contribution in [3.63, 3.8) is 0 Å². The fourth-order valence-electron chi connectivity index (χ4n) is 3.36. The van der Waals surface area contributed by atoms with Crippen LogP contribution in [0.1, 0.15) is 27.3 Å². The van der Waals surface area contributed by atoms with E-state index in [-0.39, 0.29) is 25.6 Å². The largest absolute Gasteiger partial charge is 0.493 e. The Hall–Kier alpha value is -4.05. The van der Waals surface area contributed by atoms with Gasteiger partial charge in [-0.1, -0.05) is 35.9 Å². The van der Waals surface area contributed by atoms with Crippen LogP contribution < -0.4 is 20.3 Å². The molecule has 1 aliphatic heterocycles. The molecule has 3 aromatic rings. The van der Waals surface area contributed by atoms with Crippen LogP contribution in [0.5, 0.6) is 17.4 Å². The van der Waals surface area contributed by atoms with E-state index in [1.807, 2.05) is 0 Å². The number of halogens is 1. The average molecular weight is 472 g/mol. The first-order chi connectivity index (χ1) is 15.8. The predicted molar refractivity (Wildman–Crippen MR) is 116 cm³/mol. The van der Waals surface area contributed by atoms with E-state index in [9.17, 15) is 19.5 Å². The number of aliphatic carboxylic acids is 1. The predicted octanol–water partition coefficient (Wildman–Crippen LogP) is 1.78. The third kappa shape index (κ3) is 4.75. The van der Waals surface area contributed by atoms with Gasteiger partial charge in [-0.25, -0.2) is 0 Å². The van der Waals surface area contributed by atoms with Crippen LogP contribution in [0, 0.1) is 0 Å². The van der Waals surface area contributed by atoms with Gasteiger partial charge in [0.15, 0.2) is 17.1 Å². The van der Waals surface area contributed by atoms with E-state index < -0.39 is 35.4 Å². The van der Waals surface area contributed by atoms with E-state index in [1.165, 1.54) is 4.57 Å². The fourth-order valence-corrected chi connectivity index (χ4v) is 3.55. The maximum Gasteiger partial charge on any atom is 0.322 e. The van der Waals surface area contributed by atoms with Crippen LogP contribution in [0.4, 0.5) is 0 Å². The minimum atomic E-state index is -1.30. The summed E-state index contributed by atoms with van der Waals surface area (Å²) in [5.74, 6) is -1.84. The smallest absolute Gasteiger partial charge is 0.322 e. The van der Waals surface area contributed by atoms with Gasteiger partial charge in [0.1, 0.15) is 12.4 Å². The van der Waals surface area contributed by atoms with Gasteiger partial charge in [-0.3, -0.25) is 19.0 Å². The topological polar surface area (TPSA) is 140 Å². The summed E-state index contributed by atoms with van der Waals surface area (Å²) in [6, 6.07) is 12.1. The van der Waals surface area contributed by atoms with Gasteiger partial charge >= 0.3 is 5.97 Å². The highest BCUT2D eigenvalue weighted by Gasteiger charge is 2.24. The Bertz CT molecular complexity index is 1310. The molecule has 11 heteroatoms. The molecule has 0 fully saturated rings. The molecule has 170 valence electrons. The SMILES string of the molecule is O=C(O)CNC(=O)c1c(O)nc(Cc2ccc3c(c2)OCO3)n(Cc2ccccc2Cl)c1=O. The summed E-state index contributed by atoms with van der Waals surface area (Å²) in [4.78, 5) is 40.5. The maximum absolute atomic E-state index is 13.3. The summed E-state index contributed by atoms with van der Waals surface area (Å²) in [6.45, 7) is -0.638. The summed E-state index contributed by atoms with van der Waals surface area (Å²) in [5.41, 5.74) is -0.169. The molecule has 2 aromatic carbocycles. The summed E-state index contributed by atoms with van der Waals surface area (Å²) < 4.78 is 11.9. The molecule has 0 saturated heterocycles. The number of fused-ring (bicyclic) bond motifs is 1. The molecule has 0 saturated carbocycles. The van der Waals surface area contributed by atoms with Crippen molar-refractivity contribution >= 4 is 23.5 Å². The third-order valence-electron chi connectivity index (χ3n) is 4.94. The molecule has 1 amide bonds. The number of hydrogen-bond donors (Lipinski definition) is 3. The van der Waals surface area contributed by atoms with Gasteiger partial charge < -0.3 is 25.0 Å². The molecular formula is C22H18ClN3O7. The highest BCUT2D eigenvalue weighted by molar-refractivity contribution is 6.31. The van der Waals surface area contributed by atoms with Crippen LogP contribution >= 0.6 is 11.6 Å². The number of nitrogens with zero attached hydrogens (tertiary/aromatic N) is 2. The molecule has 10 nitrogen and oxygen atoms in total. The van der Waals surface area contributed by atoms with Gasteiger partial charge in [0, 0.05) is 11.4 Å². The molecule has 0 radical (unpaired) electrons. The maximum atomic E-state index is 13.3. The zero-order valence-electron chi connectivity index (χ0n) is 17.1. The molecule has 0 bridgehead atoms. The number of amides is 1. The Morgan fingerprint density at radius 3 is 2.67 bits per heavy atom. The van der Waals surface area contributed by atoms with Gasteiger partial charge in [-0.2, -0.15) is 4.98 Å². The average Bonchev–Trinajstić information content (AvgIpc) is 3.24. The molecule has 0 atom stereocenters. The van der Waals surface area contributed by atoms with Crippen molar-refractivity contribution in [3.05, 3.63) is 80.4 Å². The Morgan fingerprint density at radius 1 is 1.15 bits per heavy atom.